The van der Waals surface area contributed by atoms with E-state index >= 15 is 0 Å². The largest absolute Gasteiger partial charge is 0.496 e. The molecule has 0 bridgehead atoms. The van der Waals surface area contributed by atoms with Gasteiger partial charge in [-0.25, -0.2) is 22.5 Å². The average Bonchev–Trinajstić information content (AvgIpc) is 3.06. The summed E-state index contributed by atoms with van der Waals surface area (Å²) in [5.41, 5.74) is 0.599. The molecule has 10 heteroatoms. The molecule has 32 heavy (non-hydrogen) atoms. The zero-order chi connectivity index (χ0) is 24.1. The summed E-state index contributed by atoms with van der Waals surface area (Å²) < 4.78 is 50.1. The first-order valence-electron chi connectivity index (χ1n) is 9.87. The Morgan fingerprint density at radius 1 is 1.22 bits per heavy atom. The van der Waals surface area contributed by atoms with Crippen LogP contribution in [-0.2, 0) is 10.0 Å². The summed E-state index contributed by atoms with van der Waals surface area (Å²) >= 11 is 6.36. The predicted molar refractivity (Wildman–Crippen MR) is 120 cm³/mol. The van der Waals surface area contributed by atoms with E-state index in [0.717, 1.165) is 18.4 Å². The van der Waals surface area contributed by atoms with E-state index in [9.17, 15) is 17.6 Å². The summed E-state index contributed by atoms with van der Waals surface area (Å²) in [5, 5.41) is 0.250. The van der Waals surface area contributed by atoms with Crippen molar-refractivity contribution in [1.29, 1.82) is 0 Å². The number of amides is 1. The van der Waals surface area contributed by atoms with E-state index in [2.05, 4.69) is 32.7 Å². The number of hydrogen-bond donors (Lipinski definition) is 1. The SMILES string of the molecule is COc1cc(C(=O)NS(C)(=O)=O)c(F)cc1-c1cnc(OCC2C(C)(C)C2(C)C)c(Cl)c1. The molecule has 1 aromatic heterocycles. The molecule has 174 valence electrons. The molecular weight excluding hydrogens is 459 g/mol. The summed E-state index contributed by atoms with van der Waals surface area (Å²) in [6.45, 7) is 9.26. The number of ether oxygens (including phenoxy) is 2. The number of methoxy groups -OCH3 is 1. The van der Waals surface area contributed by atoms with Crippen LogP contribution in [0.3, 0.4) is 0 Å². The van der Waals surface area contributed by atoms with Gasteiger partial charge in [-0.15, -0.1) is 0 Å². The Balaban J connectivity index is 1.85. The maximum atomic E-state index is 14.6. The van der Waals surface area contributed by atoms with Gasteiger partial charge < -0.3 is 9.47 Å². The molecular formula is C22H26ClFN2O5S. The summed E-state index contributed by atoms with van der Waals surface area (Å²) in [4.78, 5) is 16.4. The number of benzene rings is 1. The molecule has 0 unspecified atom stereocenters. The van der Waals surface area contributed by atoms with E-state index in [-0.39, 0.29) is 27.5 Å². The first-order valence-corrected chi connectivity index (χ1v) is 12.1. The molecule has 0 spiro atoms. The number of nitrogens with one attached hydrogen (secondary N) is 1. The van der Waals surface area contributed by atoms with E-state index in [1.165, 1.54) is 13.3 Å². The van der Waals surface area contributed by atoms with Crippen molar-refractivity contribution in [3.8, 4) is 22.8 Å². The molecule has 3 rings (SSSR count). The normalized spacial score (nSPS) is 17.0. The molecule has 1 amide bonds. The van der Waals surface area contributed by atoms with Crippen molar-refractivity contribution in [2.75, 3.05) is 20.0 Å². The van der Waals surface area contributed by atoms with Gasteiger partial charge >= 0.3 is 0 Å². The number of sulfonamides is 1. The standard InChI is InChI=1S/C22H26ClFN2O5S/c1-21(2)18(22(21,3)4)11-31-20-15(23)7-12(10-25-20)13-8-16(24)14(9-17(13)30-5)19(27)26-32(6,28)29/h7-10,18H,11H2,1-6H3,(H,26,27). The summed E-state index contributed by atoms with van der Waals surface area (Å²) in [6, 6.07) is 3.76. The Bertz CT molecular complexity index is 1170. The highest BCUT2D eigenvalue weighted by Gasteiger charge is 2.64. The van der Waals surface area contributed by atoms with Gasteiger partial charge in [0.25, 0.3) is 5.91 Å². The lowest BCUT2D eigenvalue weighted by molar-refractivity contribution is 0.0977. The highest BCUT2D eigenvalue weighted by Crippen LogP contribution is 2.68. The van der Waals surface area contributed by atoms with Crippen LogP contribution in [0.25, 0.3) is 11.1 Å². The average molecular weight is 485 g/mol. The molecule has 1 aromatic carbocycles. The molecule has 1 heterocycles. The van der Waals surface area contributed by atoms with Crippen LogP contribution in [0.4, 0.5) is 4.39 Å². The first kappa shape index (κ1) is 24.3. The number of nitrogens with zero attached hydrogens (tertiary/aromatic N) is 1. The Kier molecular flexibility index (Phi) is 6.21. The Morgan fingerprint density at radius 3 is 2.34 bits per heavy atom. The molecule has 0 atom stereocenters. The zero-order valence-electron chi connectivity index (χ0n) is 18.7. The zero-order valence-corrected chi connectivity index (χ0v) is 20.3. The summed E-state index contributed by atoms with van der Waals surface area (Å²) in [7, 11) is -2.50. The molecule has 2 aromatic rings. The van der Waals surface area contributed by atoms with E-state index in [1.54, 1.807) is 10.8 Å². The second-order valence-electron chi connectivity index (χ2n) is 9.05. The monoisotopic (exact) mass is 484 g/mol. The fraction of sp³-hybridized carbons (Fsp3) is 0.455. The van der Waals surface area contributed by atoms with Gasteiger partial charge in [-0.3, -0.25) is 4.79 Å². The molecule has 1 saturated carbocycles. The molecule has 1 N–H and O–H groups in total. The Hall–Kier alpha value is -2.39. The van der Waals surface area contributed by atoms with E-state index in [4.69, 9.17) is 21.1 Å². The lowest BCUT2D eigenvalue weighted by Crippen LogP contribution is -2.30. The first-order chi connectivity index (χ1) is 14.7. The third kappa shape index (κ3) is 4.54. The predicted octanol–water partition coefficient (Wildman–Crippen LogP) is 4.30. The van der Waals surface area contributed by atoms with Crippen LogP contribution in [0.2, 0.25) is 5.02 Å². The maximum absolute atomic E-state index is 14.6. The van der Waals surface area contributed by atoms with Crippen LogP contribution in [-0.4, -0.2) is 39.3 Å². The van der Waals surface area contributed by atoms with E-state index < -0.39 is 27.3 Å². The highest BCUT2D eigenvalue weighted by molar-refractivity contribution is 7.89. The minimum atomic E-state index is -3.85. The number of carbonyl (C=O) groups is 1. The number of pyridine rings is 1. The third-order valence-corrected chi connectivity index (χ3v) is 7.46. The minimum Gasteiger partial charge on any atom is -0.496 e. The fourth-order valence-corrected chi connectivity index (χ4v) is 4.60. The van der Waals surface area contributed by atoms with Crippen LogP contribution < -0.4 is 14.2 Å². The van der Waals surface area contributed by atoms with Gasteiger partial charge in [0, 0.05) is 23.2 Å². The van der Waals surface area contributed by atoms with E-state index in [1.807, 2.05) is 0 Å². The van der Waals surface area contributed by atoms with Gasteiger partial charge in [-0.2, -0.15) is 0 Å². The lowest BCUT2D eigenvalue weighted by atomic mass is 10.0. The van der Waals surface area contributed by atoms with Crippen molar-refractivity contribution in [2.45, 2.75) is 27.7 Å². The van der Waals surface area contributed by atoms with Gasteiger partial charge in [0.05, 0.1) is 25.5 Å². The van der Waals surface area contributed by atoms with Crippen molar-refractivity contribution < 1.29 is 27.1 Å². The number of carbonyl (C=O) groups excluding carboxylic acids is 1. The molecule has 1 fully saturated rings. The van der Waals surface area contributed by atoms with Crippen LogP contribution in [0.15, 0.2) is 24.4 Å². The Labute approximate surface area is 192 Å². The van der Waals surface area contributed by atoms with Gasteiger partial charge in [-0.1, -0.05) is 39.3 Å². The fourth-order valence-electron chi connectivity index (χ4n) is 3.94. The smallest absolute Gasteiger partial charge is 0.267 e. The van der Waals surface area contributed by atoms with Crippen molar-refractivity contribution in [2.24, 2.45) is 16.7 Å². The lowest BCUT2D eigenvalue weighted by Gasteiger charge is -2.13. The van der Waals surface area contributed by atoms with Gasteiger partial charge in [0.1, 0.15) is 16.6 Å². The van der Waals surface area contributed by atoms with Crippen LogP contribution >= 0.6 is 11.6 Å². The van der Waals surface area contributed by atoms with Crippen LogP contribution in [0.1, 0.15) is 38.1 Å². The summed E-state index contributed by atoms with van der Waals surface area (Å²) in [5.74, 6) is -1.22. The Morgan fingerprint density at radius 2 is 1.84 bits per heavy atom. The van der Waals surface area contributed by atoms with Crippen molar-refractivity contribution in [1.82, 2.24) is 9.71 Å². The second kappa shape index (κ2) is 8.19. The number of hydrogen-bond acceptors (Lipinski definition) is 6. The van der Waals surface area contributed by atoms with Crippen LogP contribution in [0.5, 0.6) is 11.6 Å². The number of aromatic nitrogens is 1. The summed E-state index contributed by atoms with van der Waals surface area (Å²) in [6.07, 6.45) is 2.27. The minimum absolute atomic E-state index is 0.151. The number of halogens is 2. The van der Waals surface area contributed by atoms with E-state index in [0.29, 0.717) is 23.7 Å². The molecule has 0 saturated heterocycles. The van der Waals surface area contributed by atoms with Crippen molar-refractivity contribution in [3.05, 3.63) is 40.8 Å². The van der Waals surface area contributed by atoms with Gasteiger partial charge in [0.2, 0.25) is 15.9 Å². The molecule has 0 radical (unpaired) electrons. The molecule has 1 aliphatic rings. The van der Waals surface area contributed by atoms with Gasteiger partial charge in [-0.05, 0) is 29.0 Å². The van der Waals surface area contributed by atoms with Crippen molar-refractivity contribution in [3.63, 3.8) is 0 Å². The number of rotatable bonds is 7. The second-order valence-corrected chi connectivity index (χ2v) is 11.2. The highest BCUT2D eigenvalue weighted by atomic mass is 35.5. The van der Waals surface area contributed by atoms with Crippen molar-refractivity contribution >= 4 is 27.5 Å². The molecule has 1 aliphatic carbocycles. The third-order valence-electron chi connectivity index (χ3n) is 6.64. The quantitative estimate of drug-likeness (QED) is 0.629. The molecule has 0 aliphatic heterocycles. The topological polar surface area (TPSA) is 94.6 Å². The maximum Gasteiger partial charge on any atom is 0.267 e. The van der Waals surface area contributed by atoms with Crippen LogP contribution in [0, 0.1) is 22.6 Å². The van der Waals surface area contributed by atoms with Gasteiger partial charge in [0.15, 0.2) is 0 Å². The molecule has 7 nitrogen and oxygen atoms in total.